The summed E-state index contributed by atoms with van der Waals surface area (Å²) in [5, 5.41) is 16.9. The second-order valence-electron chi connectivity index (χ2n) is 9.03. The Morgan fingerprint density at radius 1 is 0.921 bits per heavy atom. The molecule has 0 aromatic heterocycles. The molecule has 0 bridgehead atoms. The van der Waals surface area contributed by atoms with Crippen molar-refractivity contribution in [2.24, 2.45) is 0 Å². The number of benzene rings is 2. The van der Waals surface area contributed by atoms with Crippen LogP contribution in [0, 0.1) is 6.92 Å². The zero-order chi connectivity index (χ0) is 27.5. The number of hydrogen-bond donors (Lipinski definition) is 4. The van der Waals surface area contributed by atoms with Gasteiger partial charge in [0.2, 0.25) is 5.91 Å². The van der Waals surface area contributed by atoms with Crippen LogP contribution in [0.1, 0.15) is 30.4 Å². The number of rotatable bonds is 9. The van der Waals surface area contributed by atoms with Crippen molar-refractivity contribution in [1.29, 1.82) is 0 Å². The molecule has 1 fully saturated rings. The van der Waals surface area contributed by atoms with Crippen LogP contribution in [0.2, 0.25) is 0 Å². The van der Waals surface area contributed by atoms with Crippen LogP contribution in [0.5, 0.6) is 5.75 Å². The molecule has 1 aliphatic rings. The fourth-order valence-electron chi connectivity index (χ4n) is 4.15. The number of methoxy groups -OCH3 is 1. The third-order valence-electron chi connectivity index (χ3n) is 6.29. The lowest BCUT2D eigenvalue weighted by molar-refractivity contribution is -0.137. The first-order valence-corrected chi connectivity index (χ1v) is 12.6. The predicted molar refractivity (Wildman–Crippen MR) is 144 cm³/mol. The number of nitrogens with one attached hydrogen (secondary N) is 3. The van der Waals surface area contributed by atoms with Crippen molar-refractivity contribution in [3.05, 3.63) is 53.6 Å². The van der Waals surface area contributed by atoms with E-state index in [1.54, 1.807) is 15.9 Å². The molecule has 1 aliphatic heterocycles. The lowest BCUT2D eigenvalue weighted by Crippen LogP contribution is -2.43. The molecular weight excluding hydrogens is 490 g/mol. The van der Waals surface area contributed by atoms with E-state index in [2.05, 4.69) is 16.0 Å². The summed E-state index contributed by atoms with van der Waals surface area (Å²) in [5.74, 6) is -0.476. The Bertz CT molecular complexity index is 1150. The smallest absolute Gasteiger partial charge is 0.323 e. The SMILES string of the molecule is COc1cc(CCC(=O)N2CCCN(C(=O)NCCC(=O)O)CC2)ccc1NC(=O)Nc1ccccc1C. The fraction of sp³-hybridized carbons (Fsp3) is 0.407. The highest BCUT2D eigenvalue weighted by molar-refractivity contribution is 6.01. The summed E-state index contributed by atoms with van der Waals surface area (Å²) in [6, 6.07) is 12.2. The molecule has 3 rings (SSSR count). The van der Waals surface area contributed by atoms with Gasteiger partial charge in [-0.15, -0.1) is 0 Å². The molecule has 11 heteroatoms. The van der Waals surface area contributed by atoms with Crippen molar-refractivity contribution in [2.45, 2.75) is 32.6 Å². The van der Waals surface area contributed by atoms with E-state index in [-0.39, 0.29) is 30.9 Å². The molecule has 1 heterocycles. The standard InChI is InChI=1S/C27H35N5O6/c1-19-6-3-4-7-21(19)29-26(36)30-22-10-8-20(18-23(22)38-2)9-11-24(33)31-14-5-15-32(17-16-31)27(37)28-13-12-25(34)35/h3-4,6-8,10,18H,5,9,11-17H2,1-2H3,(H,28,37)(H,34,35)(H2,29,30,36). The first-order chi connectivity index (χ1) is 18.3. The van der Waals surface area contributed by atoms with Crippen molar-refractivity contribution >= 4 is 35.3 Å². The van der Waals surface area contributed by atoms with Gasteiger partial charge in [-0.2, -0.15) is 0 Å². The summed E-state index contributed by atoms with van der Waals surface area (Å²) >= 11 is 0. The molecule has 204 valence electrons. The van der Waals surface area contributed by atoms with Crippen molar-refractivity contribution < 1.29 is 29.0 Å². The number of hydrogen-bond acceptors (Lipinski definition) is 5. The van der Waals surface area contributed by atoms with Crippen LogP contribution in [0.3, 0.4) is 0 Å². The van der Waals surface area contributed by atoms with Gasteiger partial charge in [0.1, 0.15) is 5.75 Å². The van der Waals surface area contributed by atoms with E-state index in [9.17, 15) is 19.2 Å². The summed E-state index contributed by atoms with van der Waals surface area (Å²) in [7, 11) is 1.52. The van der Waals surface area contributed by atoms with Gasteiger partial charge in [0.05, 0.1) is 19.2 Å². The molecule has 0 unspecified atom stereocenters. The van der Waals surface area contributed by atoms with Gasteiger partial charge in [0, 0.05) is 44.8 Å². The second-order valence-corrected chi connectivity index (χ2v) is 9.03. The van der Waals surface area contributed by atoms with Crippen molar-refractivity contribution in [3.63, 3.8) is 0 Å². The summed E-state index contributed by atoms with van der Waals surface area (Å²) in [5.41, 5.74) is 3.08. The maximum Gasteiger partial charge on any atom is 0.323 e. The van der Waals surface area contributed by atoms with Crippen LogP contribution in [0.4, 0.5) is 21.0 Å². The molecule has 5 amide bonds. The molecule has 1 saturated heterocycles. The topological polar surface area (TPSA) is 140 Å². The molecule has 0 aliphatic carbocycles. The van der Waals surface area contributed by atoms with Crippen molar-refractivity contribution in [2.75, 3.05) is 50.5 Å². The number of aryl methyl sites for hydroxylation is 2. The minimum atomic E-state index is -0.968. The first-order valence-electron chi connectivity index (χ1n) is 12.6. The molecule has 0 radical (unpaired) electrons. The van der Waals surface area contributed by atoms with E-state index in [4.69, 9.17) is 9.84 Å². The van der Waals surface area contributed by atoms with Gasteiger partial charge in [-0.05, 0) is 49.1 Å². The number of para-hydroxylation sites is 1. The molecule has 0 atom stereocenters. The Labute approximate surface area is 222 Å². The Morgan fingerprint density at radius 3 is 2.37 bits per heavy atom. The highest BCUT2D eigenvalue weighted by Crippen LogP contribution is 2.27. The first kappa shape index (κ1) is 28.3. The van der Waals surface area contributed by atoms with Gasteiger partial charge >= 0.3 is 18.0 Å². The number of ether oxygens (including phenoxy) is 1. The van der Waals surface area contributed by atoms with E-state index in [1.807, 2.05) is 43.3 Å². The summed E-state index contributed by atoms with van der Waals surface area (Å²) in [4.78, 5) is 51.6. The van der Waals surface area contributed by atoms with Gasteiger partial charge in [-0.25, -0.2) is 9.59 Å². The van der Waals surface area contributed by atoms with Crippen LogP contribution >= 0.6 is 0 Å². The summed E-state index contributed by atoms with van der Waals surface area (Å²) in [6.45, 7) is 3.86. The third-order valence-corrected chi connectivity index (χ3v) is 6.29. The normalized spacial score (nSPS) is 13.3. The number of anilines is 2. The number of carboxylic acid groups (broad SMARTS) is 1. The van der Waals surface area contributed by atoms with E-state index in [0.717, 1.165) is 16.8 Å². The van der Waals surface area contributed by atoms with E-state index >= 15 is 0 Å². The number of carboxylic acids is 1. The monoisotopic (exact) mass is 525 g/mol. The van der Waals surface area contributed by atoms with Crippen LogP contribution in [-0.2, 0) is 16.0 Å². The Morgan fingerprint density at radius 2 is 1.63 bits per heavy atom. The van der Waals surface area contributed by atoms with Crippen LogP contribution in [0.25, 0.3) is 0 Å². The zero-order valence-electron chi connectivity index (χ0n) is 21.8. The lowest BCUT2D eigenvalue weighted by Gasteiger charge is -2.22. The van der Waals surface area contributed by atoms with E-state index in [1.165, 1.54) is 7.11 Å². The minimum absolute atomic E-state index is 0.00286. The molecule has 2 aromatic carbocycles. The maximum atomic E-state index is 12.9. The average molecular weight is 526 g/mol. The molecule has 2 aromatic rings. The summed E-state index contributed by atoms with van der Waals surface area (Å²) in [6.07, 6.45) is 1.32. The number of nitrogens with zero attached hydrogens (tertiary/aromatic N) is 2. The van der Waals surface area contributed by atoms with Crippen LogP contribution < -0.4 is 20.7 Å². The number of carbonyl (C=O) groups is 4. The second kappa shape index (κ2) is 13.9. The van der Waals surface area contributed by atoms with Crippen molar-refractivity contribution in [3.8, 4) is 5.75 Å². The minimum Gasteiger partial charge on any atom is -0.495 e. The molecule has 0 saturated carbocycles. The van der Waals surface area contributed by atoms with Gasteiger partial charge in [0.15, 0.2) is 0 Å². The number of carbonyl (C=O) groups excluding carboxylic acids is 3. The van der Waals surface area contributed by atoms with E-state index < -0.39 is 5.97 Å². The number of urea groups is 2. The number of amides is 5. The summed E-state index contributed by atoms with van der Waals surface area (Å²) < 4.78 is 5.46. The highest BCUT2D eigenvalue weighted by Gasteiger charge is 2.22. The fourth-order valence-corrected chi connectivity index (χ4v) is 4.15. The van der Waals surface area contributed by atoms with Gasteiger partial charge in [0.25, 0.3) is 0 Å². The molecule has 11 nitrogen and oxygen atoms in total. The maximum absolute atomic E-state index is 12.9. The van der Waals surface area contributed by atoms with E-state index in [0.29, 0.717) is 56.9 Å². The Kier molecular flexibility index (Phi) is 10.3. The highest BCUT2D eigenvalue weighted by atomic mass is 16.5. The number of aliphatic carboxylic acids is 1. The Hall–Kier alpha value is -4.28. The third kappa shape index (κ3) is 8.39. The molecule has 0 spiro atoms. The van der Waals surface area contributed by atoms with Gasteiger partial charge in [-0.1, -0.05) is 24.3 Å². The predicted octanol–water partition coefficient (Wildman–Crippen LogP) is 3.30. The van der Waals surface area contributed by atoms with Gasteiger partial charge in [-0.3, -0.25) is 9.59 Å². The quantitative estimate of drug-likeness (QED) is 0.396. The molecule has 4 N–H and O–H groups in total. The largest absolute Gasteiger partial charge is 0.495 e. The van der Waals surface area contributed by atoms with Crippen molar-refractivity contribution in [1.82, 2.24) is 15.1 Å². The molecular formula is C27H35N5O6. The average Bonchev–Trinajstić information content (AvgIpc) is 3.15. The van der Waals surface area contributed by atoms with Gasteiger partial charge < -0.3 is 35.6 Å². The lowest BCUT2D eigenvalue weighted by atomic mass is 10.1. The van der Waals surface area contributed by atoms with Crippen LogP contribution in [0.15, 0.2) is 42.5 Å². The Balaban J connectivity index is 1.49. The molecule has 38 heavy (non-hydrogen) atoms. The van der Waals surface area contributed by atoms with Crippen LogP contribution in [-0.4, -0.2) is 78.7 Å². The zero-order valence-corrected chi connectivity index (χ0v) is 21.8.